The molecular weight excluding hydrogens is 378 g/mol. The van der Waals surface area contributed by atoms with Gasteiger partial charge in [-0.05, 0) is 38.1 Å². The van der Waals surface area contributed by atoms with Gasteiger partial charge in [0.25, 0.3) is 0 Å². The number of carbonyl (C=O) groups is 2. The van der Waals surface area contributed by atoms with Gasteiger partial charge in [0.05, 0.1) is 31.1 Å². The Morgan fingerprint density at radius 3 is 2.30 bits per heavy atom. The molecule has 2 aliphatic heterocycles. The third-order valence-electron chi connectivity index (χ3n) is 5.91. The molecule has 0 aromatic heterocycles. The number of anilines is 2. The minimum atomic E-state index is -0.0106. The highest BCUT2D eigenvalue weighted by molar-refractivity contribution is 5.98. The van der Waals surface area contributed by atoms with E-state index in [4.69, 9.17) is 4.74 Å². The standard InChI is InChI=1S/C24H29N3O3/c28-23(25-21-8-4-5-9-22(21)27-14-16-30-17-15-27)18-26-12-10-20(11-13-26)24(29)19-6-2-1-3-7-19/h1-9,20H,10-18H2,(H,25,28). The van der Waals surface area contributed by atoms with E-state index in [-0.39, 0.29) is 17.6 Å². The lowest BCUT2D eigenvalue weighted by atomic mass is 9.89. The quantitative estimate of drug-likeness (QED) is 0.746. The van der Waals surface area contributed by atoms with Crippen LogP contribution in [-0.2, 0) is 9.53 Å². The number of nitrogens with one attached hydrogen (secondary N) is 1. The maximum Gasteiger partial charge on any atom is 0.238 e. The summed E-state index contributed by atoms with van der Waals surface area (Å²) >= 11 is 0. The number of piperidine rings is 1. The molecule has 30 heavy (non-hydrogen) atoms. The monoisotopic (exact) mass is 407 g/mol. The van der Waals surface area contributed by atoms with Crippen molar-refractivity contribution >= 4 is 23.1 Å². The number of hydrogen-bond donors (Lipinski definition) is 1. The first kappa shape index (κ1) is 20.6. The normalized spacial score (nSPS) is 18.2. The van der Waals surface area contributed by atoms with E-state index in [9.17, 15) is 9.59 Å². The SMILES string of the molecule is O=C(CN1CCC(C(=O)c2ccccc2)CC1)Nc1ccccc1N1CCOCC1. The first-order chi connectivity index (χ1) is 14.7. The number of amides is 1. The van der Waals surface area contributed by atoms with Gasteiger partial charge in [-0.15, -0.1) is 0 Å². The van der Waals surface area contributed by atoms with Crippen LogP contribution < -0.4 is 10.2 Å². The van der Waals surface area contributed by atoms with E-state index in [1.807, 2.05) is 54.6 Å². The number of hydrogen-bond acceptors (Lipinski definition) is 5. The Hall–Kier alpha value is -2.70. The lowest BCUT2D eigenvalue weighted by Crippen LogP contribution is -2.41. The van der Waals surface area contributed by atoms with Gasteiger partial charge >= 0.3 is 0 Å². The zero-order chi connectivity index (χ0) is 20.8. The summed E-state index contributed by atoms with van der Waals surface area (Å²) in [6.07, 6.45) is 1.59. The fraction of sp³-hybridized carbons (Fsp3) is 0.417. The van der Waals surface area contributed by atoms with Crippen LogP contribution in [0.15, 0.2) is 54.6 Å². The molecule has 4 rings (SSSR count). The number of morpholine rings is 1. The molecule has 2 heterocycles. The Morgan fingerprint density at radius 2 is 1.57 bits per heavy atom. The number of likely N-dealkylation sites (tertiary alicyclic amines) is 1. The van der Waals surface area contributed by atoms with Gasteiger partial charge in [-0.2, -0.15) is 0 Å². The van der Waals surface area contributed by atoms with E-state index in [2.05, 4.69) is 15.1 Å². The Labute approximate surface area is 177 Å². The van der Waals surface area contributed by atoms with Crippen LogP contribution in [0.3, 0.4) is 0 Å². The van der Waals surface area contributed by atoms with Crippen molar-refractivity contribution in [3.63, 3.8) is 0 Å². The maximum absolute atomic E-state index is 12.7. The van der Waals surface area contributed by atoms with Crippen LogP contribution in [0.25, 0.3) is 0 Å². The molecule has 2 aromatic rings. The molecular formula is C24H29N3O3. The Bertz CT molecular complexity index is 857. The molecule has 6 heteroatoms. The molecule has 2 saturated heterocycles. The summed E-state index contributed by atoms with van der Waals surface area (Å²) in [5.74, 6) is 0.261. The Balaban J connectivity index is 1.29. The highest BCUT2D eigenvalue weighted by Crippen LogP contribution is 2.27. The van der Waals surface area contributed by atoms with E-state index in [1.54, 1.807) is 0 Å². The van der Waals surface area contributed by atoms with Crippen LogP contribution in [0, 0.1) is 5.92 Å². The number of ketones is 1. The average molecular weight is 408 g/mol. The van der Waals surface area contributed by atoms with Crippen molar-refractivity contribution in [2.45, 2.75) is 12.8 Å². The number of carbonyl (C=O) groups excluding carboxylic acids is 2. The minimum Gasteiger partial charge on any atom is -0.378 e. The topological polar surface area (TPSA) is 61.9 Å². The van der Waals surface area contributed by atoms with Crippen molar-refractivity contribution < 1.29 is 14.3 Å². The highest BCUT2D eigenvalue weighted by Gasteiger charge is 2.26. The molecule has 0 radical (unpaired) electrons. The van der Waals surface area contributed by atoms with Crippen molar-refractivity contribution in [1.29, 1.82) is 0 Å². The maximum atomic E-state index is 12.7. The summed E-state index contributed by atoms with van der Waals surface area (Å²) in [4.78, 5) is 29.7. The third kappa shape index (κ3) is 5.07. The molecule has 1 N–H and O–H groups in total. The number of nitrogens with zero attached hydrogens (tertiary/aromatic N) is 2. The predicted octanol–water partition coefficient (Wildman–Crippen LogP) is 3.06. The molecule has 2 aromatic carbocycles. The van der Waals surface area contributed by atoms with Crippen LogP contribution >= 0.6 is 0 Å². The van der Waals surface area contributed by atoms with Crippen molar-refractivity contribution in [2.75, 3.05) is 56.2 Å². The van der Waals surface area contributed by atoms with Crippen LogP contribution in [0.2, 0.25) is 0 Å². The summed E-state index contributed by atoms with van der Waals surface area (Å²) in [6, 6.07) is 17.4. The molecule has 0 unspecified atom stereocenters. The number of ether oxygens (including phenoxy) is 1. The molecule has 158 valence electrons. The molecule has 0 bridgehead atoms. The van der Waals surface area contributed by atoms with Gasteiger partial charge in [0.2, 0.25) is 5.91 Å². The van der Waals surface area contributed by atoms with E-state index >= 15 is 0 Å². The molecule has 0 spiro atoms. The van der Waals surface area contributed by atoms with Gasteiger partial charge in [0.15, 0.2) is 5.78 Å². The number of rotatable bonds is 6. The molecule has 1 amide bonds. The van der Waals surface area contributed by atoms with Gasteiger partial charge in [-0.1, -0.05) is 42.5 Å². The molecule has 0 atom stereocenters. The summed E-state index contributed by atoms with van der Waals surface area (Å²) in [5, 5.41) is 3.08. The molecule has 2 fully saturated rings. The second-order valence-electron chi connectivity index (χ2n) is 7.95. The van der Waals surface area contributed by atoms with Crippen LogP contribution in [0.5, 0.6) is 0 Å². The average Bonchev–Trinajstić information content (AvgIpc) is 2.80. The van der Waals surface area contributed by atoms with Crippen molar-refractivity contribution in [3.8, 4) is 0 Å². The van der Waals surface area contributed by atoms with Crippen LogP contribution in [0.4, 0.5) is 11.4 Å². The van der Waals surface area contributed by atoms with Gasteiger partial charge < -0.3 is 15.0 Å². The molecule has 0 saturated carbocycles. The fourth-order valence-electron chi connectivity index (χ4n) is 4.24. The summed E-state index contributed by atoms with van der Waals surface area (Å²) in [6.45, 7) is 4.96. The first-order valence-corrected chi connectivity index (χ1v) is 10.7. The largest absolute Gasteiger partial charge is 0.378 e. The van der Waals surface area contributed by atoms with Crippen molar-refractivity contribution in [3.05, 3.63) is 60.2 Å². The molecule has 2 aliphatic rings. The first-order valence-electron chi connectivity index (χ1n) is 10.7. The van der Waals surface area contributed by atoms with Crippen LogP contribution in [0.1, 0.15) is 23.2 Å². The van der Waals surface area contributed by atoms with Gasteiger partial charge in [-0.25, -0.2) is 0 Å². The third-order valence-corrected chi connectivity index (χ3v) is 5.91. The van der Waals surface area contributed by atoms with Crippen LogP contribution in [-0.4, -0.2) is 62.5 Å². The smallest absolute Gasteiger partial charge is 0.238 e. The lowest BCUT2D eigenvalue weighted by molar-refractivity contribution is -0.117. The van der Waals surface area contributed by atoms with E-state index in [1.165, 1.54) is 0 Å². The number of Topliss-reactive ketones (excluding diaryl/α,β-unsaturated/α-hetero) is 1. The zero-order valence-corrected chi connectivity index (χ0v) is 17.3. The van der Waals surface area contributed by atoms with E-state index in [0.29, 0.717) is 19.8 Å². The second-order valence-corrected chi connectivity index (χ2v) is 7.95. The summed E-state index contributed by atoms with van der Waals surface area (Å²) < 4.78 is 5.44. The van der Waals surface area contributed by atoms with Gasteiger partial charge in [0, 0.05) is 24.6 Å². The highest BCUT2D eigenvalue weighted by atomic mass is 16.5. The molecule has 6 nitrogen and oxygen atoms in total. The summed E-state index contributed by atoms with van der Waals surface area (Å²) in [7, 11) is 0. The minimum absolute atomic E-state index is 0.0106. The predicted molar refractivity (Wildman–Crippen MR) is 118 cm³/mol. The molecule has 0 aliphatic carbocycles. The second kappa shape index (κ2) is 9.87. The van der Waals surface area contributed by atoms with Crippen molar-refractivity contribution in [1.82, 2.24) is 4.90 Å². The van der Waals surface area contributed by atoms with E-state index < -0.39 is 0 Å². The fourth-order valence-corrected chi connectivity index (χ4v) is 4.24. The van der Waals surface area contributed by atoms with Gasteiger partial charge in [-0.3, -0.25) is 14.5 Å². The van der Waals surface area contributed by atoms with Gasteiger partial charge in [0.1, 0.15) is 0 Å². The number of benzene rings is 2. The summed E-state index contributed by atoms with van der Waals surface area (Å²) in [5.41, 5.74) is 2.67. The Morgan fingerprint density at radius 1 is 0.900 bits per heavy atom. The Kier molecular flexibility index (Phi) is 6.77. The zero-order valence-electron chi connectivity index (χ0n) is 17.3. The van der Waals surface area contributed by atoms with Crippen molar-refractivity contribution in [2.24, 2.45) is 5.92 Å². The lowest BCUT2D eigenvalue weighted by Gasteiger charge is -2.32. The number of para-hydroxylation sites is 2. The van der Waals surface area contributed by atoms with E-state index in [0.717, 1.165) is 56.0 Å².